The SMILES string of the molecule is CN(Cc1c[nH]c(C#N)c1)CC1CCN(CCO)CC1. The van der Waals surface area contributed by atoms with Crippen LogP contribution in [-0.4, -0.2) is 59.7 Å². The normalized spacial score (nSPS) is 17.5. The van der Waals surface area contributed by atoms with E-state index in [4.69, 9.17) is 10.4 Å². The van der Waals surface area contributed by atoms with Crippen molar-refractivity contribution in [1.82, 2.24) is 14.8 Å². The molecule has 0 amide bonds. The van der Waals surface area contributed by atoms with Gasteiger partial charge in [-0.1, -0.05) is 0 Å². The predicted molar refractivity (Wildman–Crippen MR) is 78.1 cm³/mol. The standard InChI is InChI=1S/C15H24N4O/c1-18(12-14-8-15(9-16)17-10-14)11-13-2-4-19(5-3-13)6-7-20/h8,10,13,17,20H,2-7,11-12H2,1H3. The van der Waals surface area contributed by atoms with E-state index in [1.54, 1.807) is 0 Å². The van der Waals surface area contributed by atoms with E-state index in [0.717, 1.165) is 38.6 Å². The van der Waals surface area contributed by atoms with Crippen molar-refractivity contribution in [2.75, 3.05) is 39.8 Å². The number of aliphatic hydroxyl groups is 1. The van der Waals surface area contributed by atoms with Crippen LogP contribution in [0, 0.1) is 17.2 Å². The second-order valence-electron chi connectivity index (χ2n) is 5.74. The van der Waals surface area contributed by atoms with E-state index in [1.165, 1.54) is 18.4 Å². The van der Waals surface area contributed by atoms with E-state index >= 15 is 0 Å². The van der Waals surface area contributed by atoms with Gasteiger partial charge >= 0.3 is 0 Å². The van der Waals surface area contributed by atoms with Crippen molar-refractivity contribution in [3.63, 3.8) is 0 Å². The molecule has 5 nitrogen and oxygen atoms in total. The Morgan fingerprint density at radius 2 is 2.25 bits per heavy atom. The topological polar surface area (TPSA) is 66.3 Å². The number of aromatic nitrogens is 1. The molecule has 1 saturated heterocycles. The van der Waals surface area contributed by atoms with E-state index < -0.39 is 0 Å². The van der Waals surface area contributed by atoms with Gasteiger partial charge in [0.1, 0.15) is 11.8 Å². The molecule has 2 rings (SSSR count). The maximum Gasteiger partial charge on any atom is 0.117 e. The Labute approximate surface area is 120 Å². The molecule has 0 saturated carbocycles. The molecule has 2 N–H and O–H groups in total. The van der Waals surface area contributed by atoms with E-state index in [9.17, 15) is 0 Å². The molecule has 0 bridgehead atoms. The molecule has 0 atom stereocenters. The van der Waals surface area contributed by atoms with Gasteiger partial charge in [-0.25, -0.2) is 0 Å². The van der Waals surface area contributed by atoms with Crippen LogP contribution in [0.1, 0.15) is 24.1 Å². The number of aliphatic hydroxyl groups excluding tert-OH is 1. The van der Waals surface area contributed by atoms with Gasteiger partial charge in [0.25, 0.3) is 0 Å². The second kappa shape index (κ2) is 7.44. The van der Waals surface area contributed by atoms with Gasteiger partial charge in [-0.15, -0.1) is 0 Å². The largest absolute Gasteiger partial charge is 0.395 e. The molecule has 0 aliphatic carbocycles. The number of aromatic amines is 1. The zero-order valence-electron chi connectivity index (χ0n) is 12.2. The Bertz CT molecular complexity index is 443. The Morgan fingerprint density at radius 3 is 2.85 bits per heavy atom. The predicted octanol–water partition coefficient (Wildman–Crippen LogP) is 1.02. The molecule has 0 spiro atoms. The molecule has 1 fully saturated rings. The van der Waals surface area contributed by atoms with Gasteiger partial charge in [0.2, 0.25) is 0 Å². The number of β-amino-alcohol motifs (C(OH)–C–C–N with tert-alkyl or cyclic N) is 1. The smallest absolute Gasteiger partial charge is 0.117 e. The number of H-pyrrole nitrogens is 1. The summed E-state index contributed by atoms with van der Waals surface area (Å²) in [5, 5.41) is 17.7. The van der Waals surface area contributed by atoms with Crippen LogP contribution in [0.4, 0.5) is 0 Å². The van der Waals surface area contributed by atoms with Crippen molar-refractivity contribution in [2.24, 2.45) is 5.92 Å². The van der Waals surface area contributed by atoms with E-state index in [2.05, 4.69) is 27.9 Å². The number of nitrogens with zero attached hydrogens (tertiary/aromatic N) is 3. The maximum absolute atomic E-state index is 8.94. The van der Waals surface area contributed by atoms with Gasteiger partial charge in [-0.05, 0) is 50.5 Å². The molecule has 1 aromatic heterocycles. The monoisotopic (exact) mass is 276 g/mol. The number of hydrogen-bond acceptors (Lipinski definition) is 4. The third-order valence-electron chi connectivity index (χ3n) is 4.01. The number of rotatable bonds is 6. The summed E-state index contributed by atoms with van der Waals surface area (Å²) in [5.74, 6) is 0.740. The highest BCUT2D eigenvalue weighted by Gasteiger charge is 2.20. The third-order valence-corrected chi connectivity index (χ3v) is 4.01. The first kappa shape index (κ1) is 15.0. The van der Waals surface area contributed by atoms with Gasteiger partial charge in [0.05, 0.1) is 6.61 Å². The summed E-state index contributed by atoms with van der Waals surface area (Å²) in [6, 6.07) is 4.04. The van der Waals surface area contributed by atoms with Gasteiger partial charge in [0.15, 0.2) is 0 Å². The number of nitriles is 1. The van der Waals surface area contributed by atoms with E-state index in [0.29, 0.717) is 5.69 Å². The minimum Gasteiger partial charge on any atom is -0.395 e. The van der Waals surface area contributed by atoms with E-state index in [-0.39, 0.29) is 6.61 Å². The molecule has 1 aliphatic rings. The molecule has 20 heavy (non-hydrogen) atoms. The van der Waals surface area contributed by atoms with Crippen LogP contribution in [0.15, 0.2) is 12.3 Å². The molecule has 1 aliphatic heterocycles. The summed E-state index contributed by atoms with van der Waals surface area (Å²) < 4.78 is 0. The lowest BCUT2D eigenvalue weighted by Gasteiger charge is -2.33. The molecular weight excluding hydrogens is 252 g/mol. The van der Waals surface area contributed by atoms with Crippen LogP contribution in [0.25, 0.3) is 0 Å². The number of hydrogen-bond donors (Lipinski definition) is 2. The van der Waals surface area contributed by atoms with Gasteiger partial charge in [0, 0.05) is 25.8 Å². The minimum absolute atomic E-state index is 0.263. The number of likely N-dealkylation sites (tertiary alicyclic amines) is 1. The Morgan fingerprint density at radius 1 is 1.50 bits per heavy atom. The first-order chi connectivity index (χ1) is 9.71. The average molecular weight is 276 g/mol. The lowest BCUT2D eigenvalue weighted by molar-refractivity contribution is 0.129. The molecular formula is C15H24N4O. The zero-order valence-corrected chi connectivity index (χ0v) is 12.2. The lowest BCUT2D eigenvalue weighted by Crippen LogP contribution is -2.38. The highest BCUT2D eigenvalue weighted by Crippen LogP contribution is 2.18. The van der Waals surface area contributed by atoms with Gasteiger partial charge in [-0.3, -0.25) is 0 Å². The molecule has 110 valence electrons. The third kappa shape index (κ3) is 4.34. The summed E-state index contributed by atoms with van der Waals surface area (Å²) >= 11 is 0. The minimum atomic E-state index is 0.263. The fourth-order valence-electron chi connectivity index (χ4n) is 2.95. The van der Waals surface area contributed by atoms with Crippen LogP contribution >= 0.6 is 0 Å². The van der Waals surface area contributed by atoms with Crippen LogP contribution in [0.5, 0.6) is 0 Å². The number of nitrogens with one attached hydrogen (secondary N) is 1. The Balaban J connectivity index is 1.72. The fourth-order valence-corrected chi connectivity index (χ4v) is 2.95. The van der Waals surface area contributed by atoms with Gasteiger partial charge in [-0.2, -0.15) is 5.26 Å². The van der Waals surface area contributed by atoms with Crippen LogP contribution in [-0.2, 0) is 6.54 Å². The fraction of sp³-hybridized carbons (Fsp3) is 0.667. The zero-order chi connectivity index (χ0) is 14.4. The van der Waals surface area contributed by atoms with Crippen LogP contribution in [0.3, 0.4) is 0 Å². The maximum atomic E-state index is 8.94. The average Bonchev–Trinajstić information content (AvgIpc) is 2.89. The Hall–Kier alpha value is -1.35. The molecule has 0 radical (unpaired) electrons. The van der Waals surface area contributed by atoms with Crippen molar-refractivity contribution >= 4 is 0 Å². The molecule has 1 aromatic rings. The first-order valence-electron chi connectivity index (χ1n) is 7.30. The summed E-state index contributed by atoms with van der Waals surface area (Å²) in [6.45, 7) is 5.25. The summed E-state index contributed by atoms with van der Waals surface area (Å²) in [5.41, 5.74) is 1.80. The first-order valence-corrected chi connectivity index (χ1v) is 7.30. The Kier molecular flexibility index (Phi) is 5.60. The highest BCUT2D eigenvalue weighted by molar-refractivity contribution is 5.26. The summed E-state index contributed by atoms with van der Waals surface area (Å²) in [7, 11) is 2.14. The van der Waals surface area contributed by atoms with Crippen molar-refractivity contribution < 1.29 is 5.11 Å². The van der Waals surface area contributed by atoms with Crippen molar-refractivity contribution in [3.05, 3.63) is 23.5 Å². The molecule has 5 heteroatoms. The number of piperidine rings is 1. The van der Waals surface area contributed by atoms with Crippen LogP contribution in [0.2, 0.25) is 0 Å². The second-order valence-corrected chi connectivity index (χ2v) is 5.74. The summed E-state index contributed by atoms with van der Waals surface area (Å²) in [4.78, 5) is 7.63. The molecule has 0 aromatic carbocycles. The summed E-state index contributed by atoms with van der Waals surface area (Å²) in [6.07, 6.45) is 4.33. The lowest BCUT2D eigenvalue weighted by atomic mass is 9.96. The van der Waals surface area contributed by atoms with Gasteiger partial charge < -0.3 is 19.9 Å². The van der Waals surface area contributed by atoms with Crippen LogP contribution < -0.4 is 0 Å². The molecule has 0 unspecified atom stereocenters. The quantitative estimate of drug-likeness (QED) is 0.814. The van der Waals surface area contributed by atoms with Crippen molar-refractivity contribution in [1.29, 1.82) is 5.26 Å². The van der Waals surface area contributed by atoms with Crippen molar-refractivity contribution in [2.45, 2.75) is 19.4 Å². The highest BCUT2D eigenvalue weighted by atomic mass is 16.3. The van der Waals surface area contributed by atoms with Crippen molar-refractivity contribution in [3.8, 4) is 6.07 Å². The molecule has 2 heterocycles. The van der Waals surface area contributed by atoms with E-state index in [1.807, 2.05) is 12.3 Å².